The lowest BCUT2D eigenvalue weighted by molar-refractivity contribution is 0.397. The second-order valence-electron chi connectivity index (χ2n) is 6.19. The van der Waals surface area contributed by atoms with Gasteiger partial charge in [-0.1, -0.05) is 59.0 Å². The van der Waals surface area contributed by atoms with Crippen molar-refractivity contribution in [2.24, 2.45) is 11.7 Å². The van der Waals surface area contributed by atoms with Crippen LogP contribution in [-0.2, 0) is 5.41 Å². The van der Waals surface area contributed by atoms with Crippen LogP contribution in [0, 0.1) is 5.92 Å². The van der Waals surface area contributed by atoms with E-state index in [1.165, 1.54) is 11.1 Å². The molecule has 2 atom stereocenters. The molecule has 0 heterocycles. The average molecular weight is 279 g/mol. The fraction of sp³-hybridized carbons (Fsp3) is 0.562. The van der Waals surface area contributed by atoms with Gasteiger partial charge in [0.2, 0.25) is 0 Å². The van der Waals surface area contributed by atoms with Gasteiger partial charge in [0.15, 0.2) is 0 Å². The highest BCUT2D eigenvalue weighted by Gasteiger charge is 2.22. The Morgan fingerprint density at radius 3 is 2.26 bits per heavy atom. The molecule has 2 N–H and O–H groups in total. The number of hydrogen-bond acceptors (Lipinski definition) is 2. The molecule has 1 aromatic carbocycles. The van der Waals surface area contributed by atoms with Crippen molar-refractivity contribution in [2.45, 2.75) is 46.0 Å². The average Bonchev–Trinajstić information content (AvgIpc) is 2.35. The minimum atomic E-state index is 0.0491. The molecule has 0 aromatic heterocycles. The van der Waals surface area contributed by atoms with E-state index in [4.69, 9.17) is 22.7 Å². The predicted octanol–water partition coefficient (Wildman–Crippen LogP) is 4.02. The summed E-state index contributed by atoms with van der Waals surface area (Å²) in [6, 6.07) is 6.37. The normalized spacial score (nSPS) is 14.8. The molecule has 0 amide bonds. The Bertz CT molecular complexity index is 462. The summed E-state index contributed by atoms with van der Waals surface area (Å²) in [4.78, 5) is 0.570. The first kappa shape index (κ1) is 16.0. The van der Waals surface area contributed by atoms with Crippen LogP contribution in [-0.4, -0.2) is 12.1 Å². The topological polar surface area (TPSA) is 35.2 Å². The van der Waals surface area contributed by atoms with Gasteiger partial charge in [0.25, 0.3) is 0 Å². The van der Waals surface area contributed by atoms with Gasteiger partial charge in [-0.3, -0.25) is 0 Å². The van der Waals surface area contributed by atoms with Gasteiger partial charge in [-0.2, -0.15) is 0 Å². The third-order valence-electron chi connectivity index (χ3n) is 3.76. The van der Waals surface area contributed by atoms with Crippen LogP contribution < -0.4 is 10.5 Å². The van der Waals surface area contributed by atoms with E-state index in [9.17, 15) is 0 Å². The summed E-state index contributed by atoms with van der Waals surface area (Å²) < 4.78 is 5.46. The van der Waals surface area contributed by atoms with E-state index in [1.54, 1.807) is 7.11 Å². The number of rotatable bonds is 4. The van der Waals surface area contributed by atoms with Gasteiger partial charge in [0.1, 0.15) is 5.75 Å². The zero-order chi connectivity index (χ0) is 14.8. The maximum Gasteiger partial charge on any atom is 0.122 e. The van der Waals surface area contributed by atoms with Crippen molar-refractivity contribution >= 4 is 17.2 Å². The molecular formula is C16H25NOS. The van der Waals surface area contributed by atoms with Crippen LogP contribution >= 0.6 is 12.2 Å². The van der Waals surface area contributed by atoms with E-state index < -0.39 is 0 Å². The Hall–Kier alpha value is -1.09. The van der Waals surface area contributed by atoms with Crippen LogP contribution in [0.5, 0.6) is 5.75 Å². The highest BCUT2D eigenvalue weighted by atomic mass is 32.1. The maximum absolute atomic E-state index is 5.76. The van der Waals surface area contributed by atoms with Crippen molar-refractivity contribution in [3.05, 3.63) is 29.3 Å². The number of methoxy groups -OCH3 is 1. The monoisotopic (exact) mass is 279 g/mol. The summed E-state index contributed by atoms with van der Waals surface area (Å²) in [6.07, 6.45) is 0. The van der Waals surface area contributed by atoms with Gasteiger partial charge >= 0.3 is 0 Å². The van der Waals surface area contributed by atoms with E-state index in [-0.39, 0.29) is 11.3 Å². The Morgan fingerprint density at radius 2 is 1.84 bits per heavy atom. The zero-order valence-corrected chi connectivity index (χ0v) is 13.6. The van der Waals surface area contributed by atoms with Crippen molar-refractivity contribution in [1.29, 1.82) is 0 Å². The predicted molar refractivity (Wildman–Crippen MR) is 86.1 cm³/mol. The zero-order valence-electron chi connectivity index (χ0n) is 12.8. The first-order valence-corrected chi connectivity index (χ1v) is 7.07. The van der Waals surface area contributed by atoms with Gasteiger partial charge in [-0.15, -0.1) is 0 Å². The van der Waals surface area contributed by atoms with Gasteiger partial charge in [-0.25, -0.2) is 0 Å². The third-order valence-corrected chi connectivity index (χ3v) is 4.13. The lowest BCUT2D eigenvalue weighted by atomic mass is 9.81. The van der Waals surface area contributed by atoms with E-state index in [0.29, 0.717) is 10.9 Å². The van der Waals surface area contributed by atoms with E-state index >= 15 is 0 Å². The molecule has 106 valence electrons. The van der Waals surface area contributed by atoms with Gasteiger partial charge in [0, 0.05) is 5.92 Å². The SMILES string of the molecule is COc1ccc(C(C)C(C)C(N)=S)cc1C(C)(C)C. The molecule has 0 aliphatic carbocycles. The van der Waals surface area contributed by atoms with Crippen LogP contribution in [0.4, 0.5) is 0 Å². The van der Waals surface area contributed by atoms with E-state index in [2.05, 4.69) is 46.8 Å². The molecule has 0 saturated carbocycles. The summed E-state index contributed by atoms with van der Waals surface area (Å²) in [5.74, 6) is 1.44. The van der Waals surface area contributed by atoms with Crippen LogP contribution in [0.1, 0.15) is 51.7 Å². The molecule has 0 aliphatic heterocycles. The van der Waals surface area contributed by atoms with Gasteiger partial charge < -0.3 is 10.5 Å². The Balaban J connectivity index is 3.22. The van der Waals surface area contributed by atoms with Crippen molar-refractivity contribution in [3.63, 3.8) is 0 Å². The molecule has 0 radical (unpaired) electrons. The largest absolute Gasteiger partial charge is 0.496 e. The molecule has 2 nitrogen and oxygen atoms in total. The minimum Gasteiger partial charge on any atom is -0.496 e. The smallest absolute Gasteiger partial charge is 0.122 e. The summed E-state index contributed by atoms with van der Waals surface area (Å²) in [5, 5.41) is 0. The molecule has 0 bridgehead atoms. The van der Waals surface area contributed by atoms with Crippen LogP contribution in [0.25, 0.3) is 0 Å². The van der Waals surface area contributed by atoms with Crippen molar-refractivity contribution in [3.8, 4) is 5.75 Å². The fourth-order valence-electron chi connectivity index (χ4n) is 2.13. The fourth-order valence-corrected chi connectivity index (χ4v) is 2.33. The lowest BCUT2D eigenvalue weighted by Gasteiger charge is -2.26. The first-order chi connectivity index (χ1) is 8.68. The Kier molecular flexibility index (Phi) is 4.97. The molecule has 19 heavy (non-hydrogen) atoms. The maximum atomic E-state index is 5.76. The number of hydrogen-bond donors (Lipinski definition) is 1. The third kappa shape index (κ3) is 3.69. The van der Waals surface area contributed by atoms with Crippen LogP contribution in [0.3, 0.4) is 0 Å². The number of thiocarbonyl (C=S) groups is 1. The van der Waals surface area contributed by atoms with Gasteiger partial charge in [-0.05, 0) is 28.5 Å². The molecule has 1 aromatic rings. The van der Waals surface area contributed by atoms with Crippen LogP contribution in [0.15, 0.2) is 18.2 Å². The highest BCUT2D eigenvalue weighted by molar-refractivity contribution is 7.80. The molecule has 1 rings (SSSR count). The van der Waals surface area contributed by atoms with E-state index in [1.807, 2.05) is 6.07 Å². The molecule has 0 fully saturated rings. The van der Waals surface area contributed by atoms with Crippen molar-refractivity contribution < 1.29 is 4.74 Å². The number of ether oxygens (including phenoxy) is 1. The number of nitrogens with two attached hydrogens (primary N) is 1. The van der Waals surface area contributed by atoms with Gasteiger partial charge in [0.05, 0.1) is 12.1 Å². The summed E-state index contributed by atoms with van der Waals surface area (Å²) in [6.45, 7) is 10.8. The standard InChI is InChI=1S/C16H25NOS/c1-10(11(2)15(17)19)12-7-8-14(18-6)13(9-12)16(3,4)5/h7-11H,1-6H3,(H2,17,19). The Labute approximate surface area is 122 Å². The van der Waals surface area contributed by atoms with E-state index in [0.717, 1.165) is 5.75 Å². The Morgan fingerprint density at radius 1 is 1.26 bits per heavy atom. The molecule has 0 spiro atoms. The second-order valence-corrected chi connectivity index (χ2v) is 6.66. The van der Waals surface area contributed by atoms with Crippen molar-refractivity contribution in [1.82, 2.24) is 0 Å². The highest BCUT2D eigenvalue weighted by Crippen LogP contribution is 2.35. The first-order valence-electron chi connectivity index (χ1n) is 6.66. The number of benzene rings is 1. The molecule has 0 aliphatic rings. The lowest BCUT2D eigenvalue weighted by Crippen LogP contribution is -2.23. The summed E-state index contributed by atoms with van der Waals surface area (Å²) in [5.41, 5.74) is 8.28. The molecular weight excluding hydrogens is 254 g/mol. The quantitative estimate of drug-likeness (QED) is 0.846. The van der Waals surface area contributed by atoms with Crippen molar-refractivity contribution in [2.75, 3.05) is 7.11 Å². The molecule has 3 heteroatoms. The minimum absolute atomic E-state index is 0.0491. The summed E-state index contributed by atoms with van der Waals surface area (Å²) >= 11 is 5.10. The van der Waals surface area contributed by atoms with Crippen LogP contribution in [0.2, 0.25) is 0 Å². The second kappa shape index (κ2) is 5.91. The molecule has 2 unspecified atom stereocenters. The summed E-state index contributed by atoms with van der Waals surface area (Å²) in [7, 11) is 1.71. The molecule has 0 saturated heterocycles.